The van der Waals surface area contributed by atoms with Crippen molar-refractivity contribution >= 4 is 17.6 Å². The summed E-state index contributed by atoms with van der Waals surface area (Å²) in [6, 6.07) is 2.39. The predicted octanol–water partition coefficient (Wildman–Crippen LogP) is 5.13. The van der Waals surface area contributed by atoms with E-state index in [4.69, 9.17) is 4.74 Å². The summed E-state index contributed by atoms with van der Waals surface area (Å²) in [7, 11) is 1.08. The van der Waals surface area contributed by atoms with Gasteiger partial charge in [-0.2, -0.15) is 26.3 Å². The lowest BCUT2D eigenvalue weighted by Crippen LogP contribution is -2.47. The molecule has 1 fully saturated rings. The molecule has 2 aromatic rings. The molecule has 1 aromatic carbocycles. The zero-order chi connectivity index (χ0) is 27.9. The minimum atomic E-state index is -5.05. The Hall–Kier alpha value is -3.42. The third-order valence-corrected chi connectivity index (χ3v) is 6.33. The number of carbonyl (C=O) groups is 2. The van der Waals surface area contributed by atoms with Crippen LogP contribution in [-0.2, 0) is 14.3 Å². The van der Waals surface area contributed by atoms with E-state index >= 15 is 0 Å². The van der Waals surface area contributed by atoms with Gasteiger partial charge in [-0.25, -0.2) is 14.2 Å². The molecule has 2 heterocycles. The molecule has 1 amide bonds. The number of anilines is 1. The predicted molar refractivity (Wildman–Crippen MR) is 113 cm³/mol. The van der Waals surface area contributed by atoms with Crippen LogP contribution < -0.4 is 10.1 Å². The molecule has 1 unspecified atom stereocenters. The lowest BCUT2D eigenvalue weighted by atomic mass is 9.77. The topological polar surface area (TPSA) is 86.8 Å². The number of halogens is 7. The second-order valence-corrected chi connectivity index (χ2v) is 8.48. The number of ether oxygens (including phenoxy) is 3. The minimum Gasteiger partial charge on any atom is -0.464 e. The van der Waals surface area contributed by atoms with E-state index in [9.17, 15) is 40.3 Å². The molecule has 3 rings (SSSR count). The van der Waals surface area contributed by atoms with Crippen molar-refractivity contribution in [2.45, 2.75) is 51.2 Å². The SMILES string of the molecule is COC(=O)c1cc(NC(=O)[C@@H]2OC(C)(C(F)(F)F)[C@@H](C)[C@H]2c2ccc(F)c(F)c2OC(F)F)c(C)cn1. The van der Waals surface area contributed by atoms with Gasteiger partial charge in [0, 0.05) is 29.3 Å². The molecule has 0 bridgehead atoms. The van der Waals surface area contributed by atoms with Crippen LogP contribution in [0.25, 0.3) is 0 Å². The van der Waals surface area contributed by atoms with E-state index in [1.165, 1.54) is 13.1 Å². The third kappa shape index (κ3) is 5.20. The van der Waals surface area contributed by atoms with Crippen molar-refractivity contribution in [2.75, 3.05) is 12.4 Å². The van der Waals surface area contributed by atoms with Crippen LogP contribution in [0.15, 0.2) is 24.4 Å². The maximum absolute atomic E-state index is 14.5. The highest BCUT2D eigenvalue weighted by atomic mass is 19.4. The quantitative estimate of drug-likeness (QED) is 0.405. The standard InChI is InChI=1S/C23H21F7N2O5/c1-9-8-31-14(20(34)35-4)7-13(9)32-19(33)18-15(10(2)22(3,37-18)23(28,29)30)11-5-6-12(24)16(25)17(11)36-21(26)27/h5-8,10,15,18,21H,1-4H3,(H,31,32,33)/t10-,15-,18+,22?/m0/s1. The van der Waals surface area contributed by atoms with Crippen LogP contribution in [0.4, 0.5) is 36.4 Å². The number of nitrogens with zero attached hydrogens (tertiary/aromatic N) is 1. The van der Waals surface area contributed by atoms with E-state index in [0.717, 1.165) is 26.2 Å². The molecule has 4 atom stereocenters. The number of aryl methyl sites for hydroxylation is 1. The lowest BCUT2D eigenvalue weighted by Gasteiger charge is -2.32. The minimum absolute atomic E-state index is 0.0367. The van der Waals surface area contributed by atoms with Crippen LogP contribution in [0.1, 0.15) is 41.4 Å². The van der Waals surface area contributed by atoms with Crippen molar-refractivity contribution in [2.24, 2.45) is 5.92 Å². The Labute approximate surface area is 205 Å². The van der Waals surface area contributed by atoms with Gasteiger partial charge in [-0.1, -0.05) is 13.0 Å². The normalized spacial score (nSPS) is 23.7. The summed E-state index contributed by atoms with van der Waals surface area (Å²) in [4.78, 5) is 28.9. The van der Waals surface area contributed by atoms with Crippen LogP contribution in [0.3, 0.4) is 0 Å². The number of nitrogens with one attached hydrogen (secondary N) is 1. The van der Waals surface area contributed by atoms with Gasteiger partial charge in [-0.3, -0.25) is 4.79 Å². The number of aromatic nitrogens is 1. The van der Waals surface area contributed by atoms with Crippen molar-refractivity contribution in [3.05, 3.63) is 52.9 Å². The Morgan fingerprint density at radius 3 is 2.43 bits per heavy atom. The average Bonchev–Trinajstić information content (AvgIpc) is 3.09. The van der Waals surface area contributed by atoms with Crippen LogP contribution in [-0.4, -0.2) is 48.5 Å². The van der Waals surface area contributed by atoms with Crippen molar-refractivity contribution in [3.8, 4) is 5.75 Å². The van der Waals surface area contributed by atoms with Crippen molar-refractivity contribution < 1.29 is 54.5 Å². The van der Waals surface area contributed by atoms with Gasteiger partial charge in [0.05, 0.1) is 7.11 Å². The molecule has 37 heavy (non-hydrogen) atoms. The molecule has 1 aliphatic heterocycles. The molecule has 1 aliphatic rings. The molecular weight excluding hydrogens is 517 g/mol. The molecule has 1 N–H and O–H groups in total. The second kappa shape index (κ2) is 10.1. The fraction of sp³-hybridized carbons (Fsp3) is 0.435. The summed E-state index contributed by atoms with van der Waals surface area (Å²) >= 11 is 0. The van der Waals surface area contributed by atoms with E-state index in [1.54, 1.807) is 0 Å². The highest BCUT2D eigenvalue weighted by molar-refractivity contribution is 5.97. The van der Waals surface area contributed by atoms with Crippen LogP contribution >= 0.6 is 0 Å². The molecular formula is C23H21F7N2O5. The number of benzene rings is 1. The van der Waals surface area contributed by atoms with E-state index in [-0.39, 0.29) is 11.4 Å². The lowest BCUT2D eigenvalue weighted by molar-refractivity contribution is -0.272. The number of carbonyl (C=O) groups excluding carboxylic acids is 2. The fourth-order valence-electron chi connectivity index (χ4n) is 4.12. The summed E-state index contributed by atoms with van der Waals surface area (Å²) < 4.78 is 110. The second-order valence-electron chi connectivity index (χ2n) is 8.48. The third-order valence-electron chi connectivity index (χ3n) is 6.33. The molecule has 1 aromatic heterocycles. The molecule has 7 nitrogen and oxygen atoms in total. The van der Waals surface area contributed by atoms with Gasteiger partial charge < -0.3 is 19.5 Å². The highest BCUT2D eigenvalue weighted by Crippen LogP contribution is 2.55. The first kappa shape index (κ1) is 28.2. The smallest absolute Gasteiger partial charge is 0.417 e. The van der Waals surface area contributed by atoms with Crippen molar-refractivity contribution in [1.82, 2.24) is 4.98 Å². The molecule has 14 heteroatoms. The van der Waals surface area contributed by atoms with Gasteiger partial charge in [0.15, 0.2) is 17.2 Å². The van der Waals surface area contributed by atoms with Crippen molar-refractivity contribution in [1.29, 1.82) is 0 Å². The first-order valence-corrected chi connectivity index (χ1v) is 10.7. The number of methoxy groups -OCH3 is 1. The fourth-order valence-corrected chi connectivity index (χ4v) is 4.12. The zero-order valence-electron chi connectivity index (χ0n) is 19.8. The zero-order valence-corrected chi connectivity index (χ0v) is 19.8. The molecule has 0 radical (unpaired) electrons. The van der Waals surface area contributed by atoms with Gasteiger partial charge in [0.1, 0.15) is 11.8 Å². The number of hydrogen-bond acceptors (Lipinski definition) is 6. The first-order valence-electron chi connectivity index (χ1n) is 10.7. The van der Waals surface area contributed by atoms with Gasteiger partial charge in [0.2, 0.25) is 5.82 Å². The Balaban J connectivity index is 2.12. The summed E-state index contributed by atoms with van der Waals surface area (Å²) in [5.74, 6) is -10.2. The molecule has 202 valence electrons. The number of alkyl halides is 5. The van der Waals surface area contributed by atoms with Crippen LogP contribution in [0, 0.1) is 24.5 Å². The Kier molecular flexibility index (Phi) is 7.72. The average molecular weight is 538 g/mol. The van der Waals surface area contributed by atoms with Gasteiger partial charge in [-0.05, 0) is 31.5 Å². The van der Waals surface area contributed by atoms with Gasteiger partial charge in [-0.15, -0.1) is 0 Å². The van der Waals surface area contributed by atoms with E-state index in [0.29, 0.717) is 18.6 Å². The summed E-state index contributed by atoms with van der Waals surface area (Å²) in [5.41, 5.74) is -3.57. The summed E-state index contributed by atoms with van der Waals surface area (Å²) in [6.07, 6.45) is -5.88. The summed E-state index contributed by atoms with van der Waals surface area (Å²) in [6.45, 7) is -0.488. The van der Waals surface area contributed by atoms with E-state index < -0.39 is 71.2 Å². The maximum atomic E-state index is 14.5. The molecule has 1 saturated heterocycles. The maximum Gasteiger partial charge on any atom is 0.417 e. The summed E-state index contributed by atoms with van der Waals surface area (Å²) in [5, 5.41) is 2.33. The molecule has 0 saturated carbocycles. The number of rotatable bonds is 6. The number of hydrogen-bond donors (Lipinski definition) is 1. The number of esters is 1. The van der Waals surface area contributed by atoms with Crippen LogP contribution in [0.5, 0.6) is 5.75 Å². The van der Waals surface area contributed by atoms with Crippen molar-refractivity contribution in [3.63, 3.8) is 0 Å². The highest BCUT2D eigenvalue weighted by Gasteiger charge is 2.66. The monoisotopic (exact) mass is 538 g/mol. The van der Waals surface area contributed by atoms with Gasteiger partial charge in [0.25, 0.3) is 5.91 Å². The number of amides is 1. The molecule has 0 spiro atoms. The molecule has 0 aliphatic carbocycles. The van der Waals surface area contributed by atoms with Crippen LogP contribution in [0.2, 0.25) is 0 Å². The Bertz CT molecular complexity index is 1210. The Morgan fingerprint density at radius 1 is 1.22 bits per heavy atom. The Morgan fingerprint density at radius 2 is 1.86 bits per heavy atom. The van der Waals surface area contributed by atoms with E-state index in [1.807, 2.05) is 0 Å². The first-order chi connectivity index (χ1) is 17.1. The van der Waals surface area contributed by atoms with E-state index in [2.05, 4.69) is 19.8 Å². The van der Waals surface area contributed by atoms with Gasteiger partial charge >= 0.3 is 18.8 Å². The largest absolute Gasteiger partial charge is 0.464 e. The number of pyridine rings is 1.